The summed E-state index contributed by atoms with van der Waals surface area (Å²) in [7, 11) is -2.18. The summed E-state index contributed by atoms with van der Waals surface area (Å²) in [6.07, 6.45) is 0. The number of carbonyl (C=O) groups excluding carboxylic acids is 1. The summed E-state index contributed by atoms with van der Waals surface area (Å²) in [5.74, 6) is -0.345. The summed E-state index contributed by atoms with van der Waals surface area (Å²) >= 11 is 1.33. The van der Waals surface area contributed by atoms with E-state index >= 15 is 0 Å². The topological polar surface area (TPSA) is 88.2 Å². The van der Waals surface area contributed by atoms with Gasteiger partial charge in [-0.1, -0.05) is 30.3 Å². The van der Waals surface area contributed by atoms with E-state index in [1.165, 1.54) is 42.6 Å². The molecule has 0 atom stereocenters. The van der Waals surface area contributed by atoms with E-state index < -0.39 is 10.0 Å². The molecule has 1 heterocycles. The maximum Gasteiger partial charge on any atom is 0.257 e. The highest BCUT2D eigenvalue weighted by molar-refractivity contribution is 7.89. The number of hydrogen-bond donors (Lipinski definition) is 2. The number of sulfonamides is 1. The van der Waals surface area contributed by atoms with Gasteiger partial charge >= 0.3 is 0 Å². The normalized spacial score (nSPS) is 11.2. The molecule has 1 aromatic heterocycles. The quantitative estimate of drug-likeness (QED) is 0.720. The lowest BCUT2D eigenvalue weighted by molar-refractivity contribution is 0.102. The number of aromatic nitrogens is 1. The predicted molar refractivity (Wildman–Crippen MR) is 98.2 cm³/mol. The second kappa shape index (κ2) is 7.14. The average Bonchev–Trinajstić information content (AvgIpc) is 3.11. The Morgan fingerprint density at radius 2 is 1.72 bits per heavy atom. The summed E-state index contributed by atoms with van der Waals surface area (Å²) in [6, 6.07) is 15.4. The van der Waals surface area contributed by atoms with Crippen molar-refractivity contribution < 1.29 is 13.2 Å². The molecule has 6 nitrogen and oxygen atoms in total. The maximum absolute atomic E-state index is 12.3. The standard InChI is InChI=1S/C17H15N3O3S2/c1-18-25(22,23)14-9-7-13(8-10-14)16(21)20-17-19-15(11-24-17)12-5-3-2-4-6-12/h2-11,18H,1H3,(H,19,20,21). The summed E-state index contributed by atoms with van der Waals surface area (Å²) in [5.41, 5.74) is 2.11. The molecule has 25 heavy (non-hydrogen) atoms. The Hall–Kier alpha value is -2.55. The molecule has 0 bridgehead atoms. The van der Waals surface area contributed by atoms with Gasteiger partial charge in [0, 0.05) is 16.5 Å². The minimum Gasteiger partial charge on any atom is -0.298 e. The van der Waals surface area contributed by atoms with Crippen LogP contribution in [0.15, 0.2) is 64.9 Å². The number of nitrogens with one attached hydrogen (secondary N) is 2. The Balaban J connectivity index is 1.74. The minimum absolute atomic E-state index is 0.104. The highest BCUT2D eigenvalue weighted by atomic mass is 32.2. The van der Waals surface area contributed by atoms with E-state index in [-0.39, 0.29) is 10.8 Å². The molecule has 0 aliphatic rings. The molecule has 3 rings (SSSR count). The Morgan fingerprint density at radius 3 is 2.36 bits per heavy atom. The van der Waals surface area contributed by atoms with Crippen molar-refractivity contribution in [3.8, 4) is 11.3 Å². The van der Waals surface area contributed by atoms with Gasteiger partial charge in [0.1, 0.15) is 0 Å². The molecule has 3 aromatic rings. The van der Waals surface area contributed by atoms with Crippen LogP contribution in [0.5, 0.6) is 0 Å². The number of anilines is 1. The molecule has 0 saturated heterocycles. The summed E-state index contributed by atoms with van der Waals surface area (Å²) in [5, 5.41) is 5.07. The van der Waals surface area contributed by atoms with Gasteiger partial charge in [0.05, 0.1) is 10.6 Å². The van der Waals surface area contributed by atoms with Gasteiger partial charge in [-0.2, -0.15) is 0 Å². The molecular formula is C17H15N3O3S2. The molecule has 128 valence electrons. The fourth-order valence-electron chi connectivity index (χ4n) is 2.15. The van der Waals surface area contributed by atoms with Gasteiger partial charge in [-0.25, -0.2) is 18.1 Å². The van der Waals surface area contributed by atoms with Crippen LogP contribution in [-0.4, -0.2) is 26.4 Å². The van der Waals surface area contributed by atoms with Crippen LogP contribution in [0.3, 0.4) is 0 Å². The van der Waals surface area contributed by atoms with Crippen LogP contribution in [-0.2, 0) is 10.0 Å². The molecular weight excluding hydrogens is 358 g/mol. The first-order valence-corrected chi connectivity index (χ1v) is 9.72. The van der Waals surface area contributed by atoms with Gasteiger partial charge in [0.15, 0.2) is 5.13 Å². The largest absolute Gasteiger partial charge is 0.298 e. The van der Waals surface area contributed by atoms with Gasteiger partial charge in [-0.3, -0.25) is 10.1 Å². The van der Waals surface area contributed by atoms with E-state index in [2.05, 4.69) is 15.0 Å². The minimum atomic E-state index is -3.52. The van der Waals surface area contributed by atoms with Crippen molar-refractivity contribution in [1.82, 2.24) is 9.71 Å². The van der Waals surface area contributed by atoms with Crippen LogP contribution in [0.4, 0.5) is 5.13 Å². The third-order valence-electron chi connectivity index (χ3n) is 3.49. The predicted octanol–water partition coefficient (Wildman–Crippen LogP) is 2.97. The van der Waals surface area contributed by atoms with Crippen LogP contribution < -0.4 is 10.0 Å². The molecule has 0 saturated carbocycles. The van der Waals surface area contributed by atoms with Crippen molar-refractivity contribution in [3.63, 3.8) is 0 Å². The van der Waals surface area contributed by atoms with E-state index in [0.717, 1.165) is 11.3 Å². The number of benzene rings is 2. The van der Waals surface area contributed by atoms with Crippen molar-refractivity contribution in [3.05, 3.63) is 65.5 Å². The molecule has 0 unspecified atom stereocenters. The Morgan fingerprint density at radius 1 is 1.04 bits per heavy atom. The number of carbonyl (C=O) groups is 1. The number of hydrogen-bond acceptors (Lipinski definition) is 5. The highest BCUT2D eigenvalue weighted by Crippen LogP contribution is 2.25. The van der Waals surface area contributed by atoms with Crippen LogP contribution in [0.1, 0.15) is 10.4 Å². The second-order valence-electron chi connectivity index (χ2n) is 5.09. The van der Waals surface area contributed by atoms with Crippen LogP contribution in [0.25, 0.3) is 11.3 Å². The zero-order chi connectivity index (χ0) is 17.9. The Labute approximate surface area is 149 Å². The number of nitrogens with zero attached hydrogens (tertiary/aromatic N) is 1. The first kappa shape index (κ1) is 17.3. The van der Waals surface area contributed by atoms with Crippen molar-refractivity contribution in [2.45, 2.75) is 4.90 Å². The lowest BCUT2D eigenvalue weighted by Gasteiger charge is -2.04. The molecule has 0 fully saturated rings. The van der Waals surface area contributed by atoms with Gasteiger partial charge in [0.25, 0.3) is 5.91 Å². The van der Waals surface area contributed by atoms with E-state index in [9.17, 15) is 13.2 Å². The molecule has 2 aromatic carbocycles. The lowest BCUT2D eigenvalue weighted by atomic mass is 10.2. The van der Waals surface area contributed by atoms with Gasteiger partial charge in [-0.15, -0.1) is 11.3 Å². The zero-order valence-electron chi connectivity index (χ0n) is 13.3. The Kier molecular flexibility index (Phi) is 4.93. The van der Waals surface area contributed by atoms with Crippen LogP contribution in [0.2, 0.25) is 0 Å². The lowest BCUT2D eigenvalue weighted by Crippen LogP contribution is -2.19. The fraction of sp³-hybridized carbons (Fsp3) is 0.0588. The number of thiazole rings is 1. The Bertz CT molecular complexity index is 981. The molecule has 0 radical (unpaired) electrons. The smallest absolute Gasteiger partial charge is 0.257 e. The molecule has 8 heteroatoms. The monoisotopic (exact) mass is 373 g/mol. The summed E-state index contributed by atoms with van der Waals surface area (Å²) < 4.78 is 25.6. The summed E-state index contributed by atoms with van der Waals surface area (Å²) in [6.45, 7) is 0. The van der Waals surface area contributed by atoms with E-state index in [1.807, 2.05) is 35.7 Å². The number of amides is 1. The molecule has 0 aliphatic heterocycles. The van der Waals surface area contributed by atoms with Crippen LogP contribution in [0, 0.1) is 0 Å². The maximum atomic E-state index is 12.3. The number of rotatable bonds is 5. The van der Waals surface area contributed by atoms with E-state index in [1.54, 1.807) is 0 Å². The van der Waals surface area contributed by atoms with Gasteiger partial charge in [-0.05, 0) is 31.3 Å². The van der Waals surface area contributed by atoms with Crippen molar-refractivity contribution in [2.75, 3.05) is 12.4 Å². The molecule has 2 N–H and O–H groups in total. The van der Waals surface area contributed by atoms with Gasteiger partial charge in [0.2, 0.25) is 10.0 Å². The van der Waals surface area contributed by atoms with Crippen LogP contribution >= 0.6 is 11.3 Å². The average molecular weight is 373 g/mol. The summed E-state index contributed by atoms with van der Waals surface area (Å²) in [4.78, 5) is 16.8. The van der Waals surface area contributed by atoms with E-state index in [0.29, 0.717) is 10.7 Å². The third-order valence-corrected chi connectivity index (χ3v) is 5.68. The van der Waals surface area contributed by atoms with Crippen molar-refractivity contribution >= 4 is 32.4 Å². The second-order valence-corrected chi connectivity index (χ2v) is 7.83. The first-order valence-electron chi connectivity index (χ1n) is 7.35. The van der Waals surface area contributed by atoms with E-state index in [4.69, 9.17) is 0 Å². The third kappa shape index (κ3) is 3.93. The molecule has 1 amide bonds. The molecule has 0 spiro atoms. The SMILES string of the molecule is CNS(=O)(=O)c1ccc(C(=O)Nc2nc(-c3ccccc3)cs2)cc1. The van der Waals surface area contributed by atoms with Gasteiger partial charge < -0.3 is 0 Å². The molecule has 0 aliphatic carbocycles. The highest BCUT2D eigenvalue weighted by Gasteiger charge is 2.14. The van der Waals surface area contributed by atoms with Crippen molar-refractivity contribution in [1.29, 1.82) is 0 Å². The fourth-order valence-corrected chi connectivity index (χ4v) is 3.59. The van der Waals surface area contributed by atoms with Crippen molar-refractivity contribution in [2.24, 2.45) is 0 Å². The zero-order valence-corrected chi connectivity index (χ0v) is 14.9. The first-order chi connectivity index (χ1) is 12.0.